The molecule has 112 valence electrons. The Bertz CT molecular complexity index is 439. The van der Waals surface area contributed by atoms with Gasteiger partial charge in [0.1, 0.15) is 0 Å². The standard InChI is InChI=1S/C19H31N/c1-18-11-8-15-14(17(18)16(20)9-12-18)7-6-13-5-3-4-10-19(13,15)2/h5,14-17H,3-4,6-12,20H2,1-2H3/t14-,15+,16?,17-,18-,19+/m1/s1. The molecule has 4 rings (SSSR count). The molecule has 1 heteroatoms. The molecule has 0 aromatic heterocycles. The van der Waals surface area contributed by atoms with Gasteiger partial charge in [-0.05, 0) is 86.4 Å². The zero-order valence-electron chi connectivity index (χ0n) is 13.3. The van der Waals surface area contributed by atoms with Gasteiger partial charge >= 0.3 is 0 Å². The number of allylic oxidation sites excluding steroid dienone is 2. The number of hydrogen-bond acceptors (Lipinski definition) is 1. The number of fused-ring (bicyclic) bond motifs is 5. The lowest BCUT2D eigenvalue weighted by Crippen LogP contribution is -2.52. The van der Waals surface area contributed by atoms with Crippen molar-refractivity contribution in [1.29, 1.82) is 0 Å². The summed E-state index contributed by atoms with van der Waals surface area (Å²) < 4.78 is 0. The van der Waals surface area contributed by atoms with Crippen molar-refractivity contribution >= 4 is 0 Å². The van der Waals surface area contributed by atoms with Gasteiger partial charge in [-0.15, -0.1) is 0 Å². The van der Waals surface area contributed by atoms with Crippen LogP contribution in [-0.4, -0.2) is 6.04 Å². The third kappa shape index (κ3) is 1.65. The summed E-state index contributed by atoms with van der Waals surface area (Å²) in [5, 5.41) is 0. The average molecular weight is 273 g/mol. The van der Waals surface area contributed by atoms with Gasteiger partial charge in [-0.25, -0.2) is 0 Å². The Labute approximate surface area is 124 Å². The quantitative estimate of drug-likeness (QED) is 0.638. The van der Waals surface area contributed by atoms with Crippen LogP contribution in [0.1, 0.15) is 71.6 Å². The van der Waals surface area contributed by atoms with Crippen molar-refractivity contribution in [1.82, 2.24) is 0 Å². The van der Waals surface area contributed by atoms with E-state index in [1.807, 2.05) is 5.57 Å². The van der Waals surface area contributed by atoms with E-state index in [-0.39, 0.29) is 0 Å². The lowest BCUT2D eigenvalue weighted by Gasteiger charge is -2.58. The van der Waals surface area contributed by atoms with Crippen LogP contribution in [-0.2, 0) is 0 Å². The molecule has 1 nitrogen and oxygen atoms in total. The molecule has 0 heterocycles. The fraction of sp³-hybridized carbons (Fsp3) is 0.895. The molecule has 0 bridgehead atoms. The van der Waals surface area contributed by atoms with E-state index in [2.05, 4.69) is 19.9 Å². The Morgan fingerprint density at radius 1 is 1.10 bits per heavy atom. The van der Waals surface area contributed by atoms with Crippen molar-refractivity contribution in [3.05, 3.63) is 11.6 Å². The average Bonchev–Trinajstić information content (AvgIpc) is 2.74. The molecule has 0 spiro atoms. The highest BCUT2D eigenvalue weighted by Crippen LogP contribution is 2.64. The summed E-state index contributed by atoms with van der Waals surface area (Å²) >= 11 is 0. The highest BCUT2D eigenvalue weighted by molar-refractivity contribution is 5.24. The predicted molar refractivity (Wildman–Crippen MR) is 84.3 cm³/mol. The first-order chi connectivity index (χ1) is 9.55. The number of hydrogen-bond donors (Lipinski definition) is 1. The van der Waals surface area contributed by atoms with E-state index in [9.17, 15) is 0 Å². The molecule has 1 unspecified atom stereocenters. The van der Waals surface area contributed by atoms with Crippen LogP contribution in [0.5, 0.6) is 0 Å². The van der Waals surface area contributed by atoms with E-state index in [0.29, 0.717) is 16.9 Å². The molecule has 20 heavy (non-hydrogen) atoms. The van der Waals surface area contributed by atoms with Crippen LogP contribution in [0.25, 0.3) is 0 Å². The molecule has 0 aromatic carbocycles. The first-order valence-corrected chi connectivity index (χ1v) is 9.00. The highest BCUT2D eigenvalue weighted by atomic mass is 14.7. The molecule has 0 aromatic rings. The van der Waals surface area contributed by atoms with Crippen LogP contribution in [0, 0.1) is 28.6 Å². The third-order valence-corrected chi connectivity index (χ3v) is 7.91. The molecule has 3 saturated carbocycles. The van der Waals surface area contributed by atoms with Crippen LogP contribution in [0.2, 0.25) is 0 Å². The van der Waals surface area contributed by atoms with Crippen LogP contribution in [0.4, 0.5) is 0 Å². The minimum Gasteiger partial charge on any atom is -0.327 e. The third-order valence-electron chi connectivity index (χ3n) is 7.91. The van der Waals surface area contributed by atoms with E-state index in [0.717, 1.165) is 17.8 Å². The van der Waals surface area contributed by atoms with Crippen LogP contribution < -0.4 is 5.73 Å². The van der Waals surface area contributed by atoms with Gasteiger partial charge in [0, 0.05) is 6.04 Å². The molecule has 0 radical (unpaired) electrons. The lowest BCUT2D eigenvalue weighted by molar-refractivity contribution is -0.0407. The van der Waals surface area contributed by atoms with Crippen molar-refractivity contribution in [2.45, 2.75) is 77.7 Å². The summed E-state index contributed by atoms with van der Waals surface area (Å²) in [7, 11) is 0. The maximum Gasteiger partial charge on any atom is 0.00753 e. The summed E-state index contributed by atoms with van der Waals surface area (Å²) in [6.45, 7) is 5.15. The van der Waals surface area contributed by atoms with Crippen molar-refractivity contribution in [2.24, 2.45) is 34.3 Å². The van der Waals surface area contributed by atoms with Gasteiger partial charge in [-0.3, -0.25) is 0 Å². The van der Waals surface area contributed by atoms with Gasteiger partial charge in [0.25, 0.3) is 0 Å². The normalized spacial score (nSPS) is 54.6. The molecule has 0 amide bonds. The van der Waals surface area contributed by atoms with Crippen LogP contribution >= 0.6 is 0 Å². The maximum atomic E-state index is 6.58. The highest BCUT2D eigenvalue weighted by Gasteiger charge is 2.57. The topological polar surface area (TPSA) is 26.0 Å². The van der Waals surface area contributed by atoms with Gasteiger partial charge in [-0.1, -0.05) is 25.5 Å². The Kier molecular flexibility index (Phi) is 2.91. The molecular weight excluding hydrogens is 242 g/mol. The second-order valence-corrected chi connectivity index (χ2v) is 8.77. The molecule has 3 fully saturated rings. The fourth-order valence-electron chi connectivity index (χ4n) is 6.88. The van der Waals surface area contributed by atoms with E-state index >= 15 is 0 Å². The first-order valence-electron chi connectivity index (χ1n) is 9.00. The van der Waals surface area contributed by atoms with E-state index in [1.54, 1.807) is 0 Å². The van der Waals surface area contributed by atoms with Gasteiger partial charge in [0.05, 0.1) is 0 Å². The van der Waals surface area contributed by atoms with Gasteiger partial charge in [-0.2, -0.15) is 0 Å². The van der Waals surface area contributed by atoms with Gasteiger partial charge < -0.3 is 5.73 Å². The summed E-state index contributed by atoms with van der Waals surface area (Å²) in [6, 6.07) is 0.491. The Morgan fingerprint density at radius 2 is 1.90 bits per heavy atom. The molecular formula is C19H31N. The van der Waals surface area contributed by atoms with Crippen molar-refractivity contribution < 1.29 is 0 Å². The second kappa shape index (κ2) is 4.35. The smallest absolute Gasteiger partial charge is 0.00753 e. The zero-order valence-corrected chi connectivity index (χ0v) is 13.3. The maximum absolute atomic E-state index is 6.58. The molecule has 4 aliphatic rings. The summed E-state index contributed by atoms with van der Waals surface area (Å²) in [6.07, 6.45) is 15.2. The van der Waals surface area contributed by atoms with Crippen molar-refractivity contribution in [2.75, 3.05) is 0 Å². The molecule has 0 saturated heterocycles. The predicted octanol–water partition coefficient (Wildman–Crippen LogP) is 4.67. The monoisotopic (exact) mass is 273 g/mol. The van der Waals surface area contributed by atoms with E-state index in [1.165, 1.54) is 57.8 Å². The summed E-state index contributed by atoms with van der Waals surface area (Å²) in [4.78, 5) is 0. The Hall–Kier alpha value is -0.300. The molecule has 2 N–H and O–H groups in total. The van der Waals surface area contributed by atoms with Gasteiger partial charge in [0.15, 0.2) is 0 Å². The molecule has 6 atom stereocenters. The van der Waals surface area contributed by atoms with E-state index in [4.69, 9.17) is 5.73 Å². The largest absolute Gasteiger partial charge is 0.327 e. The molecule has 4 aliphatic carbocycles. The minimum atomic E-state index is 0.491. The van der Waals surface area contributed by atoms with Crippen LogP contribution in [0.3, 0.4) is 0 Å². The van der Waals surface area contributed by atoms with Crippen molar-refractivity contribution in [3.63, 3.8) is 0 Å². The second-order valence-electron chi connectivity index (χ2n) is 8.77. The van der Waals surface area contributed by atoms with Crippen molar-refractivity contribution in [3.8, 4) is 0 Å². The Balaban J connectivity index is 1.70. The van der Waals surface area contributed by atoms with E-state index < -0.39 is 0 Å². The van der Waals surface area contributed by atoms with Crippen LogP contribution in [0.15, 0.2) is 11.6 Å². The summed E-state index contributed by atoms with van der Waals surface area (Å²) in [5.41, 5.74) is 9.51. The number of rotatable bonds is 0. The zero-order chi connectivity index (χ0) is 14.0. The minimum absolute atomic E-state index is 0.491. The SMILES string of the molecule is C[C@@]12CCC(N)[C@H]1[C@@H]1CCC3=CCCC[C@]3(C)[C@H]1CC2. The fourth-order valence-corrected chi connectivity index (χ4v) is 6.88. The number of nitrogens with two attached hydrogens (primary N) is 1. The van der Waals surface area contributed by atoms with Gasteiger partial charge in [0.2, 0.25) is 0 Å². The Morgan fingerprint density at radius 3 is 2.75 bits per heavy atom. The molecule has 0 aliphatic heterocycles. The summed E-state index contributed by atoms with van der Waals surface area (Å²) in [5.74, 6) is 2.68. The lowest BCUT2D eigenvalue weighted by atomic mass is 9.47. The first kappa shape index (κ1) is 13.4.